The van der Waals surface area contributed by atoms with Crippen LogP contribution in [0.1, 0.15) is 94.4 Å². The van der Waals surface area contributed by atoms with Crippen molar-refractivity contribution in [1.29, 1.82) is 0 Å². The van der Waals surface area contributed by atoms with Crippen LogP contribution in [0.3, 0.4) is 0 Å². The topological polar surface area (TPSA) is 0 Å². The van der Waals surface area contributed by atoms with Crippen molar-refractivity contribution in [1.82, 2.24) is 0 Å². The van der Waals surface area contributed by atoms with E-state index in [1.165, 1.54) is 62.6 Å². The van der Waals surface area contributed by atoms with E-state index in [4.69, 9.17) is 0 Å². The lowest BCUT2D eigenvalue weighted by Crippen LogP contribution is -2.21. The van der Waals surface area contributed by atoms with Gasteiger partial charge in [0.25, 0.3) is 0 Å². The Morgan fingerprint density at radius 3 is 2.12 bits per heavy atom. The van der Waals surface area contributed by atoms with E-state index in [2.05, 4.69) is 32.6 Å². The number of halogens is 2. The van der Waals surface area contributed by atoms with Gasteiger partial charge in [-0.2, -0.15) is 0 Å². The summed E-state index contributed by atoms with van der Waals surface area (Å²) in [6.45, 7) is 6.64. The van der Waals surface area contributed by atoms with Gasteiger partial charge in [0.2, 0.25) is 0 Å². The van der Waals surface area contributed by atoms with Crippen LogP contribution in [0.4, 0.5) is 8.78 Å². The Morgan fingerprint density at radius 1 is 0.875 bits per heavy atom. The molecule has 2 aromatic carbocycles. The minimum Gasteiger partial charge on any atom is -0.206 e. The molecule has 0 radical (unpaired) electrons. The van der Waals surface area contributed by atoms with Gasteiger partial charge in [-0.05, 0) is 78.8 Å². The molecule has 3 rings (SSSR count). The Balaban J connectivity index is 1.61. The lowest BCUT2D eigenvalue weighted by Gasteiger charge is -2.32. The van der Waals surface area contributed by atoms with Gasteiger partial charge in [-0.25, -0.2) is 8.78 Å². The largest absolute Gasteiger partial charge is 0.206 e. The third-order valence-electron chi connectivity index (χ3n) is 7.15. The molecule has 0 N–H and O–H groups in total. The Labute approximate surface area is 193 Å². The van der Waals surface area contributed by atoms with Gasteiger partial charge in [0.05, 0.1) is 5.56 Å². The second-order valence-electron chi connectivity index (χ2n) is 9.74. The van der Waals surface area contributed by atoms with E-state index >= 15 is 0 Å². The highest BCUT2D eigenvalue weighted by Gasteiger charge is 2.25. The van der Waals surface area contributed by atoms with Gasteiger partial charge in [-0.15, -0.1) is 0 Å². The van der Waals surface area contributed by atoms with Crippen molar-refractivity contribution in [3.8, 4) is 11.8 Å². The first kappa shape index (κ1) is 24.5. The van der Waals surface area contributed by atoms with E-state index in [1.807, 2.05) is 24.3 Å². The summed E-state index contributed by atoms with van der Waals surface area (Å²) in [5.74, 6) is 6.51. The van der Waals surface area contributed by atoms with Crippen molar-refractivity contribution in [2.75, 3.05) is 0 Å². The molecule has 0 heterocycles. The highest BCUT2D eigenvalue weighted by atomic mass is 19.1. The maximum atomic E-state index is 14.7. The van der Waals surface area contributed by atoms with Gasteiger partial charge in [0, 0.05) is 5.56 Å². The van der Waals surface area contributed by atoms with E-state index < -0.39 is 11.6 Å². The maximum Gasteiger partial charge on any atom is 0.142 e. The minimum atomic E-state index is -0.550. The molecule has 172 valence electrons. The molecule has 1 unspecified atom stereocenters. The molecular weight excluding hydrogens is 398 g/mol. The van der Waals surface area contributed by atoms with E-state index in [0.717, 1.165) is 36.3 Å². The predicted octanol–water partition coefficient (Wildman–Crippen LogP) is 8.49. The van der Waals surface area contributed by atoms with Crippen molar-refractivity contribution in [2.24, 2.45) is 17.8 Å². The Hall–Kier alpha value is -2.14. The van der Waals surface area contributed by atoms with E-state index in [-0.39, 0.29) is 5.56 Å². The summed E-state index contributed by atoms with van der Waals surface area (Å²) in [5, 5.41) is 0. The average molecular weight is 437 g/mol. The first-order valence-electron chi connectivity index (χ1n) is 12.6. The molecule has 0 aliphatic heterocycles. The molecule has 0 spiro atoms. The summed E-state index contributed by atoms with van der Waals surface area (Å²) >= 11 is 0. The van der Waals surface area contributed by atoms with E-state index in [9.17, 15) is 8.78 Å². The van der Waals surface area contributed by atoms with Crippen LogP contribution in [0, 0.1) is 41.2 Å². The molecule has 1 atom stereocenters. The number of unbranched alkanes of at least 4 members (excludes halogenated alkanes) is 1. The molecule has 0 nitrogen and oxygen atoms in total. The second kappa shape index (κ2) is 12.2. The zero-order valence-corrected chi connectivity index (χ0v) is 20.0. The van der Waals surface area contributed by atoms with E-state index in [0.29, 0.717) is 11.8 Å². The smallest absolute Gasteiger partial charge is 0.142 e. The maximum absolute atomic E-state index is 14.7. The molecule has 0 aromatic heterocycles. The summed E-state index contributed by atoms with van der Waals surface area (Å²) in [6.07, 6.45) is 11.9. The van der Waals surface area contributed by atoms with Crippen molar-refractivity contribution in [3.05, 3.63) is 70.3 Å². The Morgan fingerprint density at radius 2 is 1.53 bits per heavy atom. The Bertz CT molecular complexity index is 885. The van der Waals surface area contributed by atoms with Crippen molar-refractivity contribution >= 4 is 0 Å². The average Bonchev–Trinajstić information content (AvgIpc) is 2.78. The predicted molar refractivity (Wildman–Crippen MR) is 131 cm³/mol. The van der Waals surface area contributed by atoms with Gasteiger partial charge in [-0.1, -0.05) is 83.3 Å². The van der Waals surface area contributed by atoms with E-state index in [1.54, 1.807) is 0 Å². The molecule has 0 saturated heterocycles. The number of hydrogen-bond acceptors (Lipinski definition) is 0. The van der Waals surface area contributed by atoms with Crippen LogP contribution < -0.4 is 0 Å². The molecule has 2 heteroatoms. The quantitative estimate of drug-likeness (QED) is 0.364. The summed E-state index contributed by atoms with van der Waals surface area (Å²) in [4.78, 5) is 0. The second-order valence-corrected chi connectivity index (χ2v) is 9.74. The first-order valence-corrected chi connectivity index (χ1v) is 12.6. The molecule has 1 aliphatic rings. The fourth-order valence-electron chi connectivity index (χ4n) is 5.12. The number of hydrogen-bond donors (Lipinski definition) is 0. The standard InChI is InChI=1S/C30H38F2/c1-4-6-8-24-13-16-27(17-14-24)22(3)19-26-20-29(31)28(30(32)21-26)18-15-25-11-9-23(7-5-2)10-12-25/h9-12,20-22,24,27H,4-8,13-14,16-17,19H2,1-3H3. The SMILES string of the molecule is CCCCC1CCC(C(C)Cc2cc(F)c(C#Cc3ccc(CCC)cc3)c(F)c2)CC1. The van der Waals surface area contributed by atoms with Crippen LogP contribution in [0.5, 0.6) is 0 Å². The zero-order valence-electron chi connectivity index (χ0n) is 20.0. The lowest BCUT2D eigenvalue weighted by atomic mass is 9.73. The van der Waals surface area contributed by atoms with Crippen LogP contribution in [0.2, 0.25) is 0 Å². The van der Waals surface area contributed by atoms with Crippen LogP contribution in [-0.4, -0.2) is 0 Å². The molecule has 0 amide bonds. The number of aryl methyl sites for hydroxylation is 1. The molecular formula is C30H38F2. The van der Waals surface area contributed by atoms with Crippen molar-refractivity contribution in [2.45, 2.75) is 85.0 Å². The van der Waals surface area contributed by atoms with Gasteiger partial charge in [0.1, 0.15) is 11.6 Å². The first-order chi connectivity index (χ1) is 15.5. The zero-order chi connectivity index (χ0) is 22.9. The van der Waals surface area contributed by atoms with Crippen molar-refractivity contribution in [3.63, 3.8) is 0 Å². The highest BCUT2D eigenvalue weighted by molar-refractivity contribution is 5.45. The fraction of sp³-hybridized carbons (Fsp3) is 0.533. The summed E-state index contributed by atoms with van der Waals surface area (Å²) in [6, 6.07) is 10.9. The van der Waals surface area contributed by atoms with Crippen LogP contribution >= 0.6 is 0 Å². The monoisotopic (exact) mass is 436 g/mol. The van der Waals surface area contributed by atoms with Crippen LogP contribution in [0.15, 0.2) is 36.4 Å². The highest BCUT2D eigenvalue weighted by Crippen LogP contribution is 2.37. The van der Waals surface area contributed by atoms with Gasteiger partial charge >= 0.3 is 0 Å². The van der Waals surface area contributed by atoms with Crippen LogP contribution in [0.25, 0.3) is 0 Å². The third kappa shape index (κ3) is 6.93. The van der Waals surface area contributed by atoms with Crippen molar-refractivity contribution < 1.29 is 8.78 Å². The van der Waals surface area contributed by atoms with Gasteiger partial charge < -0.3 is 0 Å². The fourth-order valence-corrected chi connectivity index (χ4v) is 5.12. The molecule has 2 aromatic rings. The summed E-state index contributed by atoms with van der Waals surface area (Å²) in [7, 11) is 0. The molecule has 1 saturated carbocycles. The molecule has 1 fully saturated rings. The summed E-state index contributed by atoms with van der Waals surface area (Å²) in [5.41, 5.74) is 2.64. The summed E-state index contributed by atoms with van der Waals surface area (Å²) < 4.78 is 29.4. The normalized spacial score (nSPS) is 19.3. The lowest BCUT2D eigenvalue weighted by molar-refractivity contribution is 0.204. The Kier molecular flexibility index (Phi) is 9.34. The molecule has 32 heavy (non-hydrogen) atoms. The van der Waals surface area contributed by atoms with Gasteiger partial charge in [0.15, 0.2) is 0 Å². The van der Waals surface area contributed by atoms with Crippen LogP contribution in [-0.2, 0) is 12.8 Å². The van der Waals surface area contributed by atoms with Gasteiger partial charge in [-0.3, -0.25) is 0 Å². The minimum absolute atomic E-state index is 0.129. The molecule has 0 bridgehead atoms. The molecule has 1 aliphatic carbocycles. The third-order valence-corrected chi connectivity index (χ3v) is 7.15. The number of benzene rings is 2. The number of rotatable bonds is 8.